The summed E-state index contributed by atoms with van der Waals surface area (Å²) in [7, 11) is 0. The molecule has 11 nitrogen and oxygen atoms in total. The zero-order valence-corrected chi connectivity index (χ0v) is 23.4. The van der Waals surface area contributed by atoms with Crippen LogP contribution in [-0.2, 0) is 24.4 Å². The molecule has 0 saturated carbocycles. The van der Waals surface area contributed by atoms with E-state index in [1.807, 2.05) is 18.2 Å². The van der Waals surface area contributed by atoms with E-state index in [9.17, 15) is 14.3 Å². The van der Waals surface area contributed by atoms with Crippen molar-refractivity contribution in [3.63, 3.8) is 0 Å². The van der Waals surface area contributed by atoms with Gasteiger partial charge in [0.15, 0.2) is 5.65 Å². The second-order valence-corrected chi connectivity index (χ2v) is 11.0. The Bertz CT molecular complexity index is 1880. The number of hydrogen-bond acceptors (Lipinski definition) is 8. The van der Waals surface area contributed by atoms with Crippen LogP contribution < -0.4 is 4.90 Å². The van der Waals surface area contributed by atoms with Crippen LogP contribution in [0.2, 0.25) is 0 Å². The monoisotopic (exact) mass is 580 g/mol. The van der Waals surface area contributed by atoms with Crippen molar-refractivity contribution in [1.29, 1.82) is 5.26 Å². The van der Waals surface area contributed by atoms with Gasteiger partial charge in [-0.05, 0) is 48.9 Å². The predicted molar refractivity (Wildman–Crippen MR) is 156 cm³/mol. The molecule has 2 aliphatic heterocycles. The average Bonchev–Trinajstić information content (AvgIpc) is 3.55. The van der Waals surface area contributed by atoms with Crippen molar-refractivity contribution in [2.45, 2.75) is 32.2 Å². The van der Waals surface area contributed by atoms with Crippen LogP contribution in [0.3, 0.4) is 0 Å². The molecule has 0 radical (unpaired) electrons. The summed E-state index contributed by atoms with van der Waals surface area (Å²) in [4.78, 5) is 26.0. The molecule has 5 aromatic rings. The zero-order valence-electron chi connectivity index (χ0n) is 23.4. The van der Waals surface area contributed by atoms with E-state index in [-0.39, 0.29) is 23.8 Å². The third kappa shape index (κ3) is 5.29. The average molecular weight is 581 g/mol. The Kier molecular flexibility index (Phi) is 6.96. The molecule has 0 aliphatic carbocycles. The number of nitriles is 1. The smallest absolute Gasteiger partial charge is 0.335 e. The van der Waals surface area contributed by atoms with Crippen LogP contribution in [0.4, 0.5) is 10.2 Å². The van der Waals surface area contributed by atoms with Gasteiger partial charge in [-0.3, -0.25) is 4.90 Å². The van der Waals surface area contributed by atoms with E-state index in [0.29, 0.717) is 24.3 Å². The Balaban J connectivity index is 1.06. The summed E-state index contributed by atoms with van der Waals surface area (Å²) in [6.45, 7) is 5.41. The first-order valence-electron chi connectivity index (χ1n) is 14.3. The number of aromatic nitrogens is 5. The number of anilines is 1. The Morgan fingerprint density at radius 2 is 1.91 bits per heavy atom. The van der Waals surface area contributed by atoms with E-state index in [2.05, 4.69) is 19.5 Å². The number of carboxylic acid groups (broad SMARTS) is 1. The fourth-order valence-corrected chi connectivity index (χ4v) is 5.74. The van der Waals surface area contributed by atoms with E-state index in [0.717, 1.165) is 67.3 Å². The van der Waals surface area contributed by atoms with Gasteiger partial charge < -0.3 is 19.3 Å². The lowest BCUT2D eigenvalue weighted by atomic mass is 10.1. The summed E-state index contributed by atoms with van der Waals surface area (Å²) in [5.74, 6) is 0.347. The van der Waals surface area contributed by atoms with Crippen LogP contribution in [0.1, 0.15) is 33.7 Å². The quantitative estimate of drug-likeness (QED) is 0.293. The number of halogens is 1. The van der Waals surface area contributed by atoms with Crippen molar-refractivity contribution >= 4 is 33.9 Å². The molecule has 7 rings (SSSR count). The Morgan fingerprint density at radius 1 is 1.07 bits per heavy atom. The Hall–Kier alpha value is -4.86. The van der Waals surface area contributed by atoms with E-state index in [1.54, 1.807) is 41.2 Å². The molecule has 1 unspecified atom stereocenters. The number of ether oxygens (including phenoxy) is 1. The number of pyridine rings is 1. The van der Waals surface area contributed by atoms with E-state index in [1.165, 1.54) is 6.07 Å². The molecule has 5 heterocycles. The lowest BCUT2D eigenvalue weighted by molar-refractivity contribution is -0.0592. The molecule has 3 aromatic heterocycles. The van der Waals surface area contributed by atoms with Crippen molar-refractivity contribution in [2.75, 3.05) is 37.7 Å². The maximum Gasteiger partial charge on any atom is 0.335 e. The molecule has 12 heteroatoms. The molecule has 2 saturated heterocycles. The minimum Gasteiger partial charge on any atom is -0.478 e. The molecule has 1 N–H and O–H groups in total. The maximum atomic E-state index is 14.5. The number of benzene rings is 2. The van der Waals surface area contributed by atoms with Gasteiger partial charge in [0.1, 0.15) is 17.5 Å². The largest absolute Gasteiger partial charge is 0.478 e. The molecule has 0 spiro atoms. The van der Waals surface area contributed by atoms with Crippen LogP contribution in [0.5, 0.6) is 0 Å². The summed E-state index contributed by atoms with van der Waals surface area (Å²) in [6.07, 6.45) is 2.82. The summed E-state index contributed by atoms with van der Waals surface area (Å²) < 4.78 is 24.0. The van der Waals surface area contributed by atoms with Gasteiger partial charge in [0.2, 0.25) is 0 Å². The van der Waals surface area contributed by atoms with Gasteiger partial charge in [-0.15, -0.1) is 0 Å². The predicted octanol–water partition coefficient (Wildman–Crippen LogP) is 3.65. The first-order valence-corrected chi connectivity index (χ1v) is 14.3. The number of nitrogens with zero attached hydrogens (tertiary/aromatic N) is 8. The van der Waals surface area contributed by atoms with Gasteiger partial charge in [0.05, 0.1) is 60.2 Å². The van der Waals surface area contributed by atoms with Gasteiger partial charge in [-0.1, -0.05) is 6.07 Å². The minimum atomic E-state index is -0.955. The highest BCUT2D eigenvalue weighted by atomic mass is 19.1. The summed E-state index contributed by atoms with van der Waals surface area (Å²) in [5.41, 5.74) is 3.25. The maximum absolute atomic E-state index is 14.5. The van der Waals surface area contributed by atoms with Crippen LogP contribution in [0.25, 0.3) is 22.1 Å². The Labute approximate surface area is 246 Å². The number of piperazine rings is 1. The van der Waals surface area contributed by atoms with Crippen molar-refractivity contribution in [2.24, 2.45) is 0 Å². The zero-order chi connectivity index (χ0) is 29.5. The van der Waals surface area contributed by atoms with E-state index in [4.69, 9.17) is 20.0 Å². The summed E-state index contributed by atoms with van der Waals surface area (Å²) in [6, 6.07) is 15.5. The van der Waals surface area contributed by atoms with Gasteiger partial charge in [0, 0.05) is 43.7 Å². The van der Waals surface area contributed by atoms with Crippen molar-refractivity contribution in [3.05, 3.63) is 83.1 Å². The minimum absolute atomic E-state index is 0.115. The third-order valence-electron chi connectivity index (χ3n) is 8.29. The van der Waals surface area contributed by atoms with Gasteiger partial charge in [-0.25, -0.2) is 23.8 Å². The molecular weight excluding hydrogens is 551 g/mol. The fourth-order valence-electron chi connectivity index (χ4n) is 5.74. The first kappa shape index (κ1) is 27.0. The van der Waals surface area contributed by atoms with Crippen LogP contribution in [0.15, 0.2) is 54.7 Å². The second-order valence-electron chi connectivity index (χ2n) is 11.0. The van der Waals surface area contributed by atoms with E-state index >= 15 is 0 Å². The van der Waals surface area contributed by atoms with Crippen molar-refractivity contribution in [3.8, 4) is 6.07 Å². The number of imidazole rings is 1. The lowest BCUT2D eigenvalue weighted by Crippen LogP contribution is -2.46. The van der Waals surface area contributed by atoms with Crippen molar-refractivity contribution in [1.82, 2.24) is 29.2 Å². The number of carboxylic acids is 1. The van der Waals surface area contributed by atoms with Gasteiger partial charge in [0.25, 0.3) is 0 Å². The third-order valence-corrected chi connectivity index (χ3v) is 8.29. The van der Waals surface area contributed by atoms with Crippen LogP contribution in [-0.4, -0.2) is 79.2 Å². The standard InChI is InChI=1S/C31H29FN8O3/c32-25-13-20(15-33)1-2-23(25)17-40-30-22(16-34-40)4-6-28(36-30)38-10-8-37(9-11-38)19-29-35-26-5-3-21(31(41)42)14-27(26)39(29)18-24-7-12-43-24/h1-6,13-14,16,24H,7-12,17-19H2,(H,41,42). The second kappa shape index (κ2) is 11.1. The number of fused-ring (bicyclic) bond motifs is 2. The molecule has 2 aliphatic rings. The number of rotatable bonds is 8. The summed E-state index contributed by atoms with van der Waals surface area (Å²) >= 11 is 0. The molecule has 1 atom stereocenters. The highest BCUT2D eigenvalue weighted by Gasteiger charge is 2.25. The first-order chi connectivity index (χ1) is 20.9. The summed E-state index contributed by atoms with van der Waals surface area (Å²) in [5, 5.41) is 23.9. The number of aromatic carboxylic acids is 1. The van der Waals surface area contributed by atoms with E-state index < -0.39 is 11.8 Å². The molecule has 218 valence electrons. The number of hydrogen-bond donors (Lipinski definition) is 1. The topological polar surface area (TPSA) is 125 Å². The highest BCUT2D eigenvalue weighted by molar-refractivity contribution is 5.92. The van der Waals surface area contributed by atoms with Crippen LogP contribution >= 0.6 is 0 Å². The molecule has 2 fully saturated rings. The SMILES string of the molecule is N#Cc1ccc(Cn2ncc3ccc(N4CCN(Cc5nc6ccc(C(=O)O)cc6n5CC5CCO5)CC4)nc32)c(F)c1. The van der Waals surface area contributed by atoms with Gasteiger partial charge >= 0.3 is 5.97 Å². The molecule has 0 amide bonds. The highest BCUT2D eigenvalue weighted by Crippen LogP contribution is 2.25. The van der Waals surface area contributed by atoms with Crippen LogP contribution in [0, 0.1) is 17.1 Å². The Morgan fingerprint density at radius 3 is 2.63 bits per heavy atom. The van der Waals surface area contributed by atoms with Gasteiger partial charge in [-0.2, -0.15) is 10.4 Å². The fraction of sp³-hybridized carbons (Fsp3) is 0.323. The molecule has 2 aromatic carbocycles. The molecular formula is C31H29FN8O3. The molecule has 43 heavy (non-hydrogen) atoms. The number of carbonyl (C=O) groups is 1. The lowest BCUT2D eigenvalue weighted by Gasteiger charge is -2.35. The molecule has 0 bridgehead atoms. The van der Waals surface area contributed by atoms with Crippen molar-refractivity contribution < 1.29 is 19.0 Å². The normalized spacial score (nSPS) is 17.3.